The van der Waals surface area contributed by atoms with Crippen LogP contribution >= 0.6 is 0 Å². The van der Waals surface area contributed by atoms with E-state index < -0.39 is 0 Å². The molecule has 0 radical (unpaired) electrons. The molecule has 0 unspecified atom stereocenters. The zero-order valence-corrected chi connectivity index (χ0v) is 14.7. The summed E-state index contributed by atoms with van der Waals surface area (Å²) >= 11 is 0. The van der Waals surface area contributed by atoms with Crippen LogP contribution in [0.2, 0.25) is 0 Å². The summed E-state index contributed by atoms with van der Waals surface area (Å²) in [7, 11) is 2.03. The largest absolute Gasteiger partial charge is 0.378 e. The number of aromatic nitrogens is 4. The summed E-state index contributed by atoms with van der Waals surface area (Å²) in [5, 5.41) is 17.3. The number of aryl methyl sites for hydroxylation is 2. The van der Waals surface area contributed by atoms with Crippen molar-refractivity contribution in [1.29, 1.82) is 0 Å². The Balaban J connectivity index is 1.58. The van der Waals surface area contributed by atoms with E-state index in [2.05, 4.69) is 45.9 Å². The summed E-state index contributed by atoms with van der Waals surface area (Å²) in [5.41, 5.74) is 6.52. The van der Waals surface area contributed by atoms with Crippen molar-refractivity contribution in [1.82, 2.24) is 20.0 Å². The molecule has 5 heteroatoms. The number of hydrogen-bond acceptors (Lipinski definition) is 3. The third-order valence-corrected chi connectivity index (χ3v) is 7.06. The van der Waals surface area contributed by atoms with Gasteiger partial charge in [0.05, 0.1) is 23.4 Å². The smallest absolute Gasteiger partial charge is 0.0654 e. The van der Waals surface area contributed by atoms with Crippen molar-refractivity contribution in [2.45, 2.75) is 38.1 Å². The molecular weight excluding hydrogens is 310 g/mol. The lowest BCUT2D eigenvalue weighted by molar-refractivity contribution is 0.248. The Hall–Kier alpha value is -2.30. The van der Waals surface area contributed by atoms with Gasteiger partial charge < -0.3 is 5.32 Å². The summed E-state index contributed by atoms with van der Waals surface area (Å²) in [4.78, 5) is 0. The summed E-state index contributed by atoms with van der Waals surface area (Å²) in [5.74, 6) is 2.99. The standard InChI is InChI=1S/C20H23N5/c1-10-14(9-25(2)24-10)20-18-12-4-3-11(7-12)17(18)19-13-8-21-23-15(13)5-6-16(19)22-20/h5-6,8-9,11-12,17-18,20,22H,3-4,7H2,1-2H3,(H,21,23)/t11-,12+,17+,18-,20+/m1/s1. The van der Waals surface area contributed by atoms with Crippen LogP contribution in [0.25, 0.3) is 10.9 Å². The highest BCUT2D eigenvalue weighted by Crippen LogP contribution is 2.64. The fraction of sp³-hybridized carbons (Fsp3) is 0.500. The van der Waals surface area contributed by atoms with E-state index in [-0.39, 0.29) is 0 Å². The second kappa shape index (κ2) is 4.65. The first kappa shape index (κ1) is 13.9. The maximum Gasteiger partial charge on any atom is 0.0654 e. The molecule has 3 aliphatic rings. The number of H-pyrrole nitrogens is 1. The molecule has 3 heterocycles. The number of nitrogens with zero attached hydrogens (tertiary/aromatic N) is 3. The first-order valence-electron chi connectivity index (χ1n) is 9.43. The Bertz CT molecular complexity index is 983. The van der Waals surface area contributed by atoms with E-state index in [0.29, 0.717) is 17.9 Å². The lowest BCUT2D eigenvalue weighted by Crippen LogP contribution is -2.35. The number of anilines is 1. The van der Waals surface area contributed by atoms with Crippen LogP contribution in [0.1, 0.15) is 48.0 Å². The van der Waals surface area contributed by atoms with E-state index in [9.17, 15) is 0 Å². The monoisotopic (exact) mass is 333 g/mol. The van der Waals surface area contributed by atoms with E-state index in [1.54, 1.807) is 0 Å². The molecule has 0 spiro atoms. The fourth-order valence-corrected chi connectivity index (χ4v) is 6.24. The first-order chi connectivity index (χ1) is 12.2. The highest BCUT2D eigenvalue weighted by Gasteiger charge is 2.54. The van der Waals surface area contributed by atoms with Crippen molar-refractivity contribution in [3.63, 3.8) is 0 Å². The number of aromatic amines is 1. The van der Waals surface area contributed by atoms with Crippen LogP contribution in [0, 0.1) is 24.7 Å². The zero-order chi connectivity index (χ0) is 16.7. The van der Waals surface area contributed by atoms with Gasteiger partial charge in [0.1, 0.15) is 0 Å². The van der Waals surface area contributed by atoms with Crippen LogP contribution in [-0.2, 0) is 7.05 Å². The van der Waals surface area contributed by atoms with Crippen molar-refractivity contribution in [2.24, 2.45) is 24.8 Å². The van der Waals surface area contributed by atoms with Crippen LogP contribution in [0.4, 0.5) is 5.69 Å². The molecule has 5 nitrogen and oxygen atoms in total. The molecule has 128 valence electrons. The van der Waals surface area contributed by atoms with Gasteiger partial charge in [-0.2, -0.15) is 10.2 Å². The Morgan fingerprint density at radius 1 is 1.20 bits per heavy atom. The first-order valence-corrected chi connectivity index (χ1v) is 9.43. The quantitative estimate of drug-likeness (QED) is 0.710. The number of fused-ring (bicyclic) bond motifs is 9. The summed E-state index contributed by atoms with van der Waals surface area (Å²) in [6.07, 6.45) is 8.41. The number of nitrogens with one attached hydrogen (secondary N) is 2. The molecule has 2 N–H and O–H groups in total. The Labute approximate surface area is 146 Å². The minimum absolute atomic E-state index is 0.380. The average Bonchev–Trinajstić information content (AvgIpc) is 3.37. The molecule has 2 aromatic heterocycles. The topological polar surface area (TPSA) is 58.5 Å². The molecule has 0 amide bonds. The lowest BCUT2D eigenvalue weighted by Gasteiger charge is -2.43. The highest BCUT2D eigenvalue weighted by molar-refractivity contribution is 5.88. The second-order valence-electron chi connectivity index (χ2n) is 8.26. The van der Waals surface area contributed by atoms with E-state index in [1.807, 2.05) is 17.9 Å². The molecule has 2 fully saturated rings. The normalized spacial score (nSPS) is 32.6. The fourth-order valence-electron chi connectivity index (χ4n) is 6.24. The third-order valence-electron chi connectivity index (χ3n) is 7.06. The maximum atomic E-state index is 4.62. The number of rotatable bonds is 1. The predicted octanol–water partition coefficient (Wildman–Crippen LogP) is 3.90. The molecule has 2 saturated carbocycles. The SMILES string of the molecule is Cc1nn(C)cc1[C@@H]1Nc2ccc3[nH]ncc3c2[C@H]2[C@@H]3CC[C@@H](C3)[C@H]21. The summed E-state index contributed by atoms with van der Waals surface area (Å²) in [6, 6.07) is 4.79. The average molecular weight is 333 g/mol. The van der Waals surface area contributed by atoms with E-state index in [4.69, 9.17) is 0 Å². The van der Waals surface area contributed by atoms with E-state index >= 15 is 0 Å². The molecule has 1 aliphatic heterocycles. The van der Waals surface area contributed by atoms with Gasteiger partial charge in [-0.05, 0) is 67.6 Å². The third kappa shape index (κ3) is 1.73. The molecule has 2 bridgehead atoms. The molecule has 2 aliphatic carbocycles. The Morgan fingerprint density at radius 3 is 2.92 bits per heavy atom. The van der Waals surface area contributed by atoms with Crippen molar-refractivity contribution in [3.05, 3.63) is 41.3 Å². The molecule has 0 saturated heterocycles. The van der Waals surface area contributed by atoms with Crippen molar-refractivity contribution >= 4 is 16.6 Å². The summed E-state index contributed by atoms with van der Waals surface area (Å²) < 4.78 is 1.96. The van der Waals surface area contributed by atoms with Gasteiger partial charge in [-0.1, -0.05) is 0 Å². The van der Waals surface area contributed by atoms with Gasteiger partial charge in [0, 0.05) is 29.9 Å². The Morgan fingerprint density at radius 2 is 2.08 bits per heavy atom. The minimum Gasteiger partial charge on any atom is -0.378 e. The van der Waals surface area contributed by atoms with Crippen LogP contribution in [0.15, 0.2) is 24.5 Å². The maximum absolute atomic E-state index is 4.62. The van der Waals surface area contributed by atoms with Crippen LogP contribution in [0.3, 0.4) is 0 Å². The van der Waals surface area contributed by atoms with Gasteiger partial charge in [-0.3, -0.25) is 9.78 Å². The number of hydrogen-bond donors (Lipinski definition) is 2. The summed E-state index contributed by atoms with van der Waals surface area (Å²) in [6.45, 7) is 2.15. The van der Waals surface area contributed by atoms with E-state index in [0.717, 1.165) is 23.0 Å². The second-order valence-corrected chi connectivity index (χ2v) is 8.26. The molecule has 3 aromatic rings. The molecule has 5 atom stereocenters. The zero-order valence-electron chi connectivity index (χ0n) is 14.7. The van der Waals surface area contributed by atoms with Crippen molar-refractivity contribution < 1.29 is 0 Å². The van der Waals surface area contributed by atoms with Gasteiger partial charge in [0.2, 0.25) is 0 Å². The van der Waals surface area contributed by atoms with Crippen molar-refractivity contribution in [2.75, 3.05) is 5.32 Å². The van der Waals surface area contributed by atoms with Gasteiger partial charge in [0.25, 0.3) is 0 Å². The van der Waals surface area contributed by atoms with Crippen LogP contribution in [0.5, 0.6) is 0 Å². The molecular formula is C20H23N5. The van der Waals surface area contributed by atoms with Gasteiger partial charge in [-0.15, -0.1) is 0 Å². The van der Waals surface area contributed by atoms with Gasteiger partial charge in [0.15, 0.2) is 0 Å². The minimum atomic E-state index is 0.380. The lowest BCUT2D eigenvalue weighted by atomic mass is 9.67. The van der Waals surface area contributed by atoms with Crippen LogP contribution in [-0.4, -0.2) is 20.0 Å². The predicted molar refractivity (Wildman–Crippen MR) is 97.5 cm³/mol. The molecule has 25 heavy (non-hydrogen) atoms. The molecule has 1 aromatic carbocycles. The van der Waals surface area contributed by atoms with Gasteiger partial charge in [-0.25, -0.2) is 0 Å². The highest BCUT2D eigenvalue weighted by atomic mass is 15.3. The van der Waals surface area contributed by atoms with E-state index in [1.165, 1.54) is 41.5 Å². The molecule has 6 rings (SSSR count). The van der Waals surface area contributed by atoms with Crippen molar-refractivity contribution in [3.8, 4) is 0 Å². The van der Waals surface area contributed by atoms with Gasteiger partial charge >= 0.3 is 0 Å². The Kier molecular flexibility index (Phi) is 2.59. The number of benzene rings is 1. The van der Waals surface area contributed by atoms with Crippen LogP contribution < -0.4 is 5.32 Å².